The van der Waals surface area contributed by atoms with Crippen molar-refractivity contribution in [3.8, 4) is 0 Å². The van der Waals surface area contributed by atoms with Gasteiger partial charge < -0.3 is 10.6 Å². The molecule has 1 aromatic rings. The first-order chi connectivity index (χ1) is 8.56. The fourth-order valence-electron chi connectivity index (χ4n) is 1.51. The first-order valence-corrected chi connectivity index (χ1v) is 6.12. The predicted octanol–water partition coefficient (Wildman–Crippen LogP) is 1.46. The minimum Gasteiger partial charge on any atom is -0.368 e. The number of unbranched alkanes of at least 4 members (excludes halogenated alkanes) is 1. The summed E-state index contributed by atoms with van der Waals surface area (Å²) in [7, 11) is 0. The van der Waals surface area contributed by atoms with Crippen molar-refractivity contribution in [3.63, 3.8) is 0 Å². The lowest BCUT2D eigenvalue weighted by Crippen LogP contribution is -2.39. The van der Waals surface area contributed by atoms with Crippen LogP contribution >= 0.6 is 11.6 Å². The Morgan fingerprint density at radius 1 is 1.50 bits per heavy atom. The quantitative estimate of drug-likeness (QED) is 0.795. The molecule has 0 aliphatic rings. The minimum atomic E-state index is -0.542. The third-order valence-electron chi connectivity index (χ3n) is 2.40. The minimum absolute atomic E-state index is 0.107. The highest BCUT2D eigenvalue weighted by atomic mass is 35.5. The van der Waals surface area contributed by atoms with Gasteiger partial charge in [0.25, 0.3) is 5.91 Å². The molecule has 0 aliphatic carbocycles. The van der Waals surface area contributed by atoms with Crippen LogP contribution in [0, 0.1) is 0 Å². The van der Waals surface area contributed by atoms with Crippen LogP contribution in [0.15, 0.2) is 18.3 Å². The van der Waals surface area contributed by atoms with Crippen molar-refractivity contribution in [1.82, 2.24) is 9.88 Å². The number of hydrogen-bond acceptors (Lipinski definition) is 3. The summed E-state index contributed by atoms with van der Waals surface area (Å²) in [6, 6.07) is 3.21. The Morgan fingerprint density at radius 3 is 2.78 bits per heavy atom. The molecule has 5 nitrogen and oxygen atoms in total. The summed E-state index contributed by atoms with van der Waals surface area (Å²) in [5.41, 5.74) is 5.43. The van der Waals surface area contributed by atoms with E-state index in [9.17, 15) is 9.59 Å². The Kier molecular flexibility index (Phi) is 5.58. The average molecular weight is 270 g/mol. The van der Waals surface area contributed by atoms with Gasteiger partial charge in [-0.25, -0.2) is 4.98 Å². The molecule has 0 atom stereocenters. The number of amides is 2. The molecule has 18 heavy (non-hydrogen) atoms. The Morgan fingerprint density at radius 2 is 2.22 bits per heavy atom. The summed E-state index contributed by atoms with van der Waals surface area (Å²) in [6.07, 6.45) is 3.23. The van der Waals surface area contributed by atoms with Crippen LogP contribution in [0.5, 0.6) is 0 Å². The van der Waals surface area contributed by atoms with Crippen LogP contribution in [0.1, 0.15) is 30.1 Å². The summed E-state index contributed by atoms with van der Waals surface area (Å²) < 4.78 is 0. The van der Waals surface area contributed by atoms with E-state index < -0.39 is 5.91 Å². The molecule has 1 rings (SSSR count). The molecule has 0 saturated heterocycles. The molecule has 0 aromatic carbocycles. The molecule has 0 radical (unpaired) electrons. The van der Waals surface area contributed by atoms with Gasteiger partial charge in [-0.3, -0.25) is 9.59 Å². The largest absolute Gasteiger partial charge is 0.368 e. The second-order valence-corrected chi connectivity index (χ2v) is 4.25. The van der Waals surface area contributed by atoms with E-state index in [1.54, 1.807) is 12.1 Å². The van der Waals surface area contributed by atoms with Gasteiger partial charge in [-0.05, 0) is 18.6 Å². The molecular formula is C12H16ClN3O2. The van der Waals surface area contributed by atoms with E-state index in [-0.39, 0.29) is 23.2 Å². The van der Waals surface area contributed by atoms with Crippen molar-refractivity contribution in [2.45, 2.75) is 19.8 Å². The molecule has 0 aliphatic heterocycles. The number of hydrogen-bond donors (Lipinski definition) is 1. The normalized spacial score (nSPS) is 10.1. The molecule has 1 aromatic heterocycles. The summed E-state index contributed by atoms with van der Waals surface area (Å²) >= 11 is 5.86. The molecule has 0 unspecified atom stereocenters. The maximum atomic E-state index is 12.2. The number of pyridine rings is 1. The number of rotatable bonds is 6. The standard InChI is InChI=1S/C12H16ClN3O2/c1-2-3-7-16(8-10(14)17)12(18)9-5-4-6-15-11(9)13/h4-6H,2-3,7-8H2,1H3,(H2,14,17). The van der Waals surface area contributed by atoms with Gasteiger partial charge in [0, 0.05) is 12.7 Å². The Hall–Kier alpha value is -1.62. The fraction of sp³-hybridized carbons (Fsp3) is 0.417. The zero-order valence-corrected chi connectivity index (χ0v) is 11.0. The van der Waals surface area contributed by atoms with E-state index in [1.807, 2.05) is 6.92 Å². The molecule has 2 amide bonds. The molecule has 98 valence electrons. The van der Waals surface area contributed by atoms with Crippen molar-refractivity contribution < 1.29 is 9.59 Å². The maximum absolute atomic E-state index is 12.2. The van der Waals surface area contributed by atoms with Gasteiger partial charge in [0.05, 0.1) is 12.1 Å². The second kappa shape index (κ2) is 6.96. The molecule has 1 heterocycles. The number of primary amides is 1. The van der Waals surface area contributed by atoms with Gasteiger partial charge in [-0.1, -0.05) is 24.9 Å². The molecule has 0 saturated carbocycles. The van der Waals surface area contributed by atoms with Gasteiger partial charge >= 0.3 is 0 Å². The van der Waals surface area contributed by atoms with E-state index >= 15 is 0 Å². The van der Waals surface area contributed by atoms with E-state index in [0.29, 0.717) is 6.54 Å². The Labute approximate surface area is 111 Å². The van der Waals surface area contributed by atoms with Crippen LogP contribution in [0.25, 0.3) is 0 Å². The monoisotopic (exact) mass is 269 g/mol. The number of nitrogens with zero attached hydrogens (tertiary/aromatic N) is 2. The van der Waals surface area contributed by atoms with Gasteiger partial charge in [0.1, 0.15) is 5.15 Å². The van der Waals surface area contributed by atoms with Crippen molar-refractivity contribution >= 4 is 23.4 Å². The van der Waals surface area contributed by atoms with Crippen molar-refractivity contribution in [2.24, 2.45) is 5.73 Å². The number of carbonyl (C=O) groups is 2. The molecule has 6 heteroatoms. The third-order valence-corrected chi connectivity index (χ3v) is 2.71. The highest BCUT2D eigenvalue weighted by Crippen LogP contribution is 2.14. The molecule has 2 N–H and O–H groups in total. The van der Waals surface area contributed by atoms with Crippen LogP contribution in [0.3, 0.4) is 0 Å². The van der Waals surface area contributed by atoms with Crippen LogP contribution in [0.4, 0.5) is 0 Å². The highest BCUT2D eigenvalue weighted by molar-refractivity contribution is 6.32. The fourth-order valence-corrected chi connectivity index (χ4v) is 1.71. The summed E-state index contributed by atoms with van der Waals surface area (Å²) in [6.45, 7) is 2.37. The molecule has 0 spiro atoms. The highest BCUT2D eigenvalue weighted by Gasteiger charge is 2.19. The first-order valence-electron chi connectivity index (χ1n) is 5.74. The van der Waals surface area contributed by atoms with Gasteiger partial charge in [0.2, 0.25) is 5.91 Å². The second-order valence-electron chi connectivity index (χ2n) is 3.89. The summed E-state index contributed by atoms with van der Waals surface area (Å²) in [5, 5.41) is 0.133. The number of carbonyl (C=O) groups excluding carboxylic acids is 2. The first kappa shape index (κ1) is 14.4. The van der Waals surface area contributed by atoms with Crippen LogP contribution in [0.2, 0.25) is 5.15 Å². The van der Waals surface area contributed by atoms with E-state index in [4.69, 9.17) is 17.3 Å². The van der Waals surface area contributed by atoms with Gasteiger partial charge in [0.15, 0.2) is 0 Å². The number of aromatic nitrogens is 1. The van der Waals surface area contributed by atoms with E-state index in [2.05, 4.69) is 4.98 Å². The van der Waals surface area contributed by atoms with E-state index in [0.717, 1.165) is 12.8 Å². The lowest BCUT2D eigenvalue weighted by molar-refractivity contribution is -0.118. The smallest absolute Gasteiger partial charge is 0.257 e. The molecule has 0 fully saturated rings. The zero-order valence-electron chi connectivity index (χ0n) is 10.2. The van der Waals surface area contributed by atoms with Crippen LogP contribution < -0.4 is 5.73 Å². The molecule has 0 bridgehead atoms. The lowest BCUT2D eigenvalue weighted by Gasteiger charge is -2.21. The third kappa shape index (κ3) is 4.00. The summed E-state index contributed by atoms with van der Waals surface area (Å²) in [4.78, 5) is 28.4. The van der Waals surface area contributed by atoms with Gasteiger partial charge in [-0.2, -0.15) is 0 Å². The Balaban J connectivity index is 2.87. The van der Waals surface area contributed by atoms with Crippen molar-refractivity contribution in [3.05, 3.63) is 29.0 Å². The number of halogens is 1. The molecular weight excluding hydrogens is 254 g/mol. The van der Waals surface area contributed by atoms with E-state index in [1.165, 1.54) is 11.1 Å². The predicted molar refractivity (Wildman–Crippen MR) is 69.3 cm³/mol. The van der Waals surface area contributed by atoms with Crippen molar-refractivity contribution in [1.29, 1.82) is 0 Å². The maximum Gasteiger partial charge on any atom is 0.257 e. The van der Waals surface area contributed by atoms with Crippen molar-refractivity contribution in [2.75, 3.05) is 13.1 Å². The van der Waals surface area contributed by atoms with Crippen LogP contribution in [-0.4, -0.2) is 34.8 Å². The lowest BCUT2D eigenvalue weighted by atomic mass is 10.2. The zero-order chi connectivity index (χ0) is 13.5. The number of nitrogens with two attached hydrogens (primary N) is 1. The average Bonchev–Trinajstić information content (AvgIpc) is 2.34. The Bertz CT molecular complexity index is 437. The summed E-state index contributed by atoms with van der Waals surface area (Å²) in [5.74, 6) is -0.861. The SMILES string of the molecule is CCCCN(CC(N)=O)C(=O)c1cccnc1Cl. The topological polar surface area (TPSA) is 76.3 Å². The van der Waals surface area contributed by atoms with Gasteiger partial charge in [-0.15, -0.1) is 0 Å². The van der Waals surface area contributed by atoms with Crippen LogP contribution in [-0.2, 0) is 4.79 Å².